The van der Waals surface area contributed by atoms with E-state index in [4.69, 9.17) is 4.42 Å². The molecule has 0 saturated carbocycles. The number of benzene rings is 2. The highest BCUT2D eigenvalue weighted by atomic mass is 32.2. The number of oxazole rings is 1. The number of aromatic nitrogens is 2. The maximum Gasteiger partial charge on any atom is 0.228 e. The second-order valence-electron chi connectivity index (χ2n) is 5.64. The summed E-state index contributed by atoms with van der Waals surface area (Å²) < 4.78 is 5.95. The Morgan fingerprint density at radius 1 is 1.04 bits per heavy atom. The maximum absolute atomic E-state index is 5.95. The number of hydrogen-bond acceptors (Lipinski definition) is 4. The van der Waals surface area contributed by atoms with E-state index in [0.717, 1.165) is 27.3 Å². The van der Waals surface area contributed by atoms with Gasteiger partial charge in [-0.05, 0) is 36.2 Å². The van der Waals surface area contributed by atoms with Crippen LogP contribution >= 0.6 is 11.8 Å². The number of nitrogens with zero attached hydrogens (tertiary/aromatic N) is 2. The van der Waals surface area contributed by atoms with Gasteiger partial charge in [0, 0.05) is 23.0 Å². The maximum atomic E-state index is 5.95. The van der Waals surface area contributed by atoms with E-state index >= 15 is 0 Å². The summed E-state index contributed by atoms with van der Waals surface area (Å²) in [7, 11) is 0. The van der Waals surface area contributed by atoms with Gasteiger partial charge in [-0.25, -0.2) is 4.98 Å². The monoisotopic (exact) mass is 332 g/mol. The molecule has 0 unspecified atom stereocenters. The molecule has 0 aliphatic heterocycles. The minimum Gasteiger partial charge on any atom is -0.436 e. The Balaban J connectivity index is 1.67. The topological polar surface area (TPSA) is 38.9 Å². The summed E-state index contributed by atoms with van der Waals surface area (Å²) in [5.41, 5.74) is 5.15. The van der Waals surface area contributed by atoms with Gasteiger partial charge >= 0.3 is 0 Å². The molecule has 0 saturated heterocycles. The lowest BCUT2D eigenvalue weighted by atomic mass is 10.2. The molecule has 0 fully saturated rings. The molecule has 3 nitrogen and oxygen atoms in total. The molecule has 0 amide bonds. The lowest BCUT2D eigenvalue weighted by Gasteiger charge is -2.05. The van der Waals surface area contributed by atoms with Gasteiger partial charge in [0.05, 0.1) is 5.56 Å². The Bertz CT molecular complexity index is 979. The average molecular weight is 332 g/mol. The summed E-state index contributed by atoms with van der Waals surface area (Å²) in [5.74, 6) is 1.53. The Morgan fingerprint density at radius 3 is 2.79 bits per heavy atom. The van der Waals surface area contributed by atoms with Gasteiger partial charge in [-0.2, -0.15) is 0 Å². The van der Waals surface area contributed by atoms with Crippen molar-refractivity contribution in [2.45, 2.75) is 17.6 Å². The van der Waals surface area contributed by atoms with Crippen molar-refractivity contribution < 1.29 is 4.42 Å². The lowest BCUT2D eigenvalue weighted by Crippen LogP contribution is -1.86. The first-order valence-electron chi connectivity index (χ1n) is 7.78. The summed E-state index contributed by atoms with van der Waals surface area (Å²) in [6, 6.07) is 18.4. The van der Waals surface area contributed by atoms with Gasteiger partial charge in [0.1, 0.15) is 5.52 Å². The van der Waals surface area contributed by atoms with Crippen molar-refractivity contribution in [3.05, 3.63) is 78.1 Å². The highest BCUT2D eigenvalue weighted by molar-refractivity contribution is 7.98. The number of fused-ring (bicyclic) bond motifs is 1. The van der Waals surface area contributed by atoms with E-state index in [1.807, 2.05) is 36.5 Å². The van der Waals surface area contributed by atoms with Gasteiger partial charge in [0.15, 0.2) is 5.58 Å². The number of pyridine rings is 1. The summed E-state index contributed by atoms with van der Waals surface area (Å²) >= 11 is 1.75. The molecule has 0 bridgehead atoms. The van der Waals surface area contributed by atoms with E-state index in [0.29, 0.717) is 5.89 Å². The molecule has 0 aliphatic carbocycles. The van der Waals surface area contributed by atoms with Crippen molar-refractivity contribution in [2.75, 3.05) is 0 Å². The Morgan fingerprint density at radius 2 is 1.92 bits per heavy atom. The van der Waals surface area contributed by atoms with Crippen LogP contribution in [-0.2, 0) is 5.75 Å². The quantitative estimate of drug-likeness (QED) is 0.463. The van der Waals surface area contributed by atoms with Crippen LogP contribution in [-0.4, -0.2) is 9.97 Å². The Labute approximate surface area is 144 Å². The van der Waals surface area contributed by atoms with Gasteiger partial charge in [0.25, 0.3) is 0 Å². The molecule has 0 N–H and O–H groups in total. The van der Waals surface area contributed by atoms with Crippen molar-refractivity contribution in [1.82, 2.24) is 9.97 Å². The molecule has 2 aromatic heterocycles. The zero-order valence-corrected chi connectivity index (χ0v) is 14.1. The fourth-order valence-corrected chi connectivity index (χ4v) is 3.52. The molecule has 24 heavy (non-hydrogen) atoms. The molecule has 118 valence electrons. The molecule has 0 spiro atoms. The van der Waals surface area contributed by atoms with E-state index in [9.17, 15) is 0 Å². The van der Waals surface area contributed by atoms with E-state index in [1.54, 1.807) is 18.0 Å². The van der Waals surface area contributed by atoms with Crippen molar-refractivity contribution >= 4 is 22.9 Å². The molecule has 4 heteroatoms. The standard InChI is InChI=1S/C20H16N2OS/c1-14-7-8-18-17(11-14)22-20(23-18)16-9-10-21-12-19(16)24-13-15-5-3-2-4-6-15/h2-12H,13H2,1H3. The highest BCUT2D eigenvalue weighted by Crippen LogP contribution is 2.33. The van der Waals surface area contributed by atoms with Gasteiger partial charge < -0.3 is 4.42 Å². The van der Waals surface area contributed by atoms with Crippen LogP contribution in [0.5, 0.6) is 0 Å². The molecule has 4 aromatic rings. The third kappa shape index (κ3) is 3.05. The van der Waals surface area contributed by atoms with Crippen molar-refractivity contribution in [3.63, 3.8) is 0 Å². The summed E-state index contributed by atoms with van der Waals surface area (Å²) in [6.45, 7) is 2.06. The first-order chi connectivity index (χ1) is 11.8. The van der Waals surface area contributed by atoms with Gasteiger partial charge in [-0.1, -0.05) is 36.4 Å². The molecule has 0 aliphatic rings. The van der Waals surface area contributed by atoms with Crippen LogP contribution in [0.15, 0.2) is 76.3 Å². The number of hydrogen-bond donors (Lipinski definition) is 0. The first-order valence-corrected chi connectivity index (χ1v) is 8.76. The van der Waals surface area contributed by atoms with Crippen molar-refractivity contribution in [1.29, 1.82) is 0 Å². The van der Waals surface area contributed by atoms with Crippen LogP contribution in [0.3, 0.4) is 0 Å². The number of thioether (sulfide) groups is 1. The molecular weight excluding hydrogens is 316 g/mol. The first kappa shape index (κ1) is 15.0. The van der Waals surface area contributed by atoms with Gasteiger partial charge in [-0.3, -0.25) is 4.98 Å². The van der Waals surface area contributed by atoms with Crippen molar-refractivity contribution in [3.8, 4) is 11.5 Å². The third-order valence-corrected chi connectivity index (χ3v) is 4.91. The minimum absolute atomic E-state index is 0.647. The zero-order valence-electron chi connectivity index (χ0n) is 13.3. The van der Waals surface area contributed by atoms with Crippen LogP contribution in [0, 0.1) is 6.92 Å². The highest BCUT2D eigenvalue weighted by Gasteiger charge is 2.13. The smallest absolute Gasteiger partial charge is 0.228 e. The molecule has 4 rings (SSSR count). The molecule has 0 atom stereocenters. The predicted molar refractivity (Wildman–Crippen MR) is 98.0 cm³/mol. The van der Waals surface area contributed by atoms with Gasteiger partial charge in [0.2, 0.25) is 5.89 Å². The summed E-state index contributed by atoms with van der Waals surface area (Å²) in [6.07, 6.45) is 3.66. The van der Waals surface area contributed by atoms with Crippen LogP contribution in [0.1, 0.15) is 11.1 Å². The number of aryl methyl sites for hydroxylation is 1. The van der Waals surface area contributed by atoms with E-state index in [2.05, 4.69) is 41.2 Å². The normalized spacial score (nSPS) is 11.0. The summed E-state index contributed by atoms with van der Waals surface area (Å²) in [5, 5.41) is 0. The molecule has 2 heterocycles. The molecule has 0 radical (unpaired) electrons. The largest absolute Gasteiger partial charge is 0.436 e. The Hall–Kier alpha value is -2.59. The second-order valence-corrected chi connectivity index (χ2v) is 6.65. The molecule has 2 aromatic carbocycles. The van der Waals surface area contributed by atoms with E-state index in [1.165, 1.54) is 11.1 Å². The Kier molecular flexibility index (Phi) is 4.05. The average Bonchev–Trinajstić information content (AvgIpc) is 3.04. The predicted octanol–water partition coefficient (Wildman–Crippen LogP) is 5.49. The van der Waals surface area contributed by atoms with E-state index < -0.39 is 0 Å². The minimum atomic E-state index is 0.647. The van der Waals surface area contributed by atoms with Gasteiger partial charge in [-0.15, -0.1) is 11.8 Å². The zero-order chi connectivity index (χ0) is 16.4. The summed E-state index contributed by atoms with van der Waals surface area (Å²) in [4.78, 5) is 9.99. The molecular formula is C20H16N2OS. The van der Waals surface area contributed by atoms with Crippen LogP contribution < -0.4 is 0 Å². The SMILES string of the molecule is Cc1ccc2oc(-c3ccncc3SCc3ccccc3)nc2c1. The fourth-order valence-electron chi connectivity index (χ4n) is 2.56. The third-order valence-electron chi connectivity index (χ3n) is 3.80. The van der Waals surface area contributed by atoms with Crippen LogP contribution in [0.25, 0.3) is 22.6 Å². The van der Waals surface area contributed by atoms with Crippen molar-refractivity contribution in [2.24, 2.45) is 0 Å². The van der Waals surface area contributed by atoms with E-state index in [-0.39, 0.29) is 0 Å². The lowest BCUT2D eigenvalue weighted by molar-refractivity contribution is 0.618. The van der Waals surface area contributed by atoms with Crippen LogP contribution in [0.2, 0.25) is 0 Å². The van der Waals surface area contributed by atoms with Crippen LogP contribution in [0.4, 0.5) is 0 Å². The fraction of sp³-hybridized carbons (Fsp3) is 0.100. The number of rotatable bonds is 4. The second kappa shape index (κ2) is 6.49.